The van der Waals surface area contributed by atoms with Gasteiger partial charge in [0.2, 0.25) is 10.9 Å². The highest BCUT2D eigenvalue weighted by Gasteiger charge is 2.15. The second-order valence-electron chi connectivity index (χ2n) is 6.46. The Hall–Kier alpha value is -2.71. The number of rotatable bonds is 8. The molecule has 29 heavy (non-hydrogen) atoms. The summed E-state index contributed by atoms with van der Waals surface area (Å²) in [6.07, 6.45) is 0. The van der Waals surface area contributed by atoms with Gasteiger partial charge in [-0.05, 0) is 31.0 Å². The molecule has 1 atom stereocenters. The zero-order chi connectivity index (χ0) is 20.6. The van der Waals surface area contributed by atoms with Crippen LogP contribution >= 0.6 is 23.1 Å². The Morgan fingerprint density at radius 1 is 1.07 bits per heavy atom. The van der Waals surface area contributed by atoms with Crippen LogP contribution in [0, 0.1) is 6.92 Å². The Balaban J connectivity index is 1.45. The smallest absolute Gasteiger partial charge is 0.286 e. The lowest BCUT2D eigenvalue weighted by Gasteiger charge is -2.13. The van der Waals surface area contributed by atoms with Gasteiger partial charge in [-0.25, -0.2) is 0 Å². The molecule has 2 aromatic carbocycles. The standard InChI is InChI=1S/C21H22N4O2S2/c1-14-8-6-7-11-17(14)23-20(27)21-25-24-19(29-21)13-28-12-18(26)22-15(2)16-9-4-3-5-10-16/h3-11,15H,12-13H2,1-2H3,(H,22,26)(H,23,27). The summed E-state index contributed by atoms with van der Waals surface area (Å²) < 4.78 is 0. The molecule has 2 N–H and O–H groups in total. The molecule has 0 aliphatic heterocycles. The van der Waals surface area contributed by atoms with E-state index in [0.717, 1.165) is 16.8 Å². The summed E-state index contributed by atoms with van der Waals surface area (Å²) in [5.41, 5.74) is 2.81. The number of nitrogens with one attached hydrogen (secondary N) is 2. The Kier molecular flexibility index (Phi) is 7.37. The van der Waals surface area contributed by atoms with E-state index >= 15 is 0 Å². The maximum Gasteiger partial charge on any atom is 0.286 e. The molecular weight excluding hydrogens is 404 g/mol. The van der Waals surface area contributed by atoms with Gasteiger partial charge in [0.15, 0.2) is 0 Å². The zero-order valence-electron chi connectivity index (χ0n) is 16.2. The van der Waals surface area contributed by atoms with Gasteiger partial charge in [0, 0.05) is 11.4 Å². The summed E-state index contributed by atoms with van der Waals surface area (Å²) in [5, 5.41) is 14.9. The highest BCUT2D eigenvalue weighted by atomic mass is 32.2. The minimum absolute atomic E-state index is 0.0339. The normalized spacial score (nSPS) is 11.7. The minimum Gasteiger partial charge on any atom is -0.349 e. The molecule has 3 rings (SSSR count). The second kappa shape index (κ2) is 10.2. The first-order chi connectivity index (χ1) is 14.0. The van der Waals surface area contributed by atoms with Crippen LogP contribution in [0.4, 0.5) is 5.69 Å². The van der Waals surface area contributed by atoms with Gasteiger partial charge in [0.25, 0.3) is 5.91 Å². The molecule has 0 fully saturated rings. The summed E-state index contributed by atoms with van der Waals surface area (Å²) in [6, 6.07) is 17.4. The van der Waals surface area contributed by atoms with Crippen LogP contribution in [0.5, 0.6) is 0 Å². The second-order valence-corrected chi connectivity index (χ2v) is 8.51. The van der Waals surface area contributed by atoms with Crippen molar-refractivity contribution in [1.29, 1.82) is 0 Å². The number of aryl methyl sites for hydroxylation is 1. The van der Waals surface area contributed by atoms with Crippen molar-refractivity contribution in [3.05, 3.63) is 75.7 Å². The largest absolute Gasteiger partial charge is 0.349 e. The van der Waals surface area contributed by atoms with E-state index in [9.17, 15) is 9.59 Å². The van der Waals surface area contributed by atoms with Crippen LogP contribution in [0.15, 0.2) is 54.6 Å². The molecule has 1 unspecified atom stereocenters. The lowest BCUT2D eigenvalue weighted by molar-refractivity contribution is -0.119. The predicted octanol–water partition coefficient (Wildman–Crippen LogP) is 4.21. The van der Waals surface area contributed by atoms with Crippen LogP contribution in [0.2, 0.25) is 0 Å². The number of hydrogen-bond donors (Lipinski definition) is 2. The van der Waals surface area contributed by atoms with Gasteiger partial charge in [0.1, 0.15) is 5.01 Å². The quantitative estimate of drug-likeness (QED) is 0.564. The number of nitrogens with zero attached hydrogens (tertiary/aromatic N) is 2. The minimum atomic E-state index is -0.275. The van der Waals surface area contributed by atoms with E-state index in [1.165, 1.54) is 23.1 Å². The molecule has 0 saturated heterocycles. The number of anilines is 1. The van der Waals surface area contributed by atoms with Crippen LogP contribution in [-0.2, 0) is 10.5 Å². The maximum absolute atomic E-state index is 12.3. The number of benzene rings is 2. The third-order valence-corrected chi connectivity index (χ3v) is 6.24. The van der Waals surface area contributed by atoms with Gasteiger partial charge in [-0.3, -0.25) is 9.59 Å². The van der Waals surface area contributed by atoms with Gasteiger partial charge in [-0.1, -0.05) is 59.9 Å². The average Bonchev–Trinajstić information content (AvgIpc) is 3.19. The Labute approximate surface area is 178 Å². The van der Waals surface area contributed by atoms with Crippen molar-refractivity contribution in [3.63, 3.8) is 0 Å². The molecule has 2 amide bonds. The SMILES string of the molecule is Cc1ccccc1NC(=O)c1nnc(CSCC(=O)NC(C)c2ccccc2)s1. The number of amides is 2. The van der Waals surface area contributed by atoms with E-state index in [1.807, 2.05) is 68.4 Å². The summed E-state index contributed by atoms with van der Waals surface area (Å²) >= 11 is 2.69. The first-order valence-electron chi connectivity index (χ1n) is 9.14. The molecule has 8 heteroatoms. The van der Waals surface area contributed by atoms with Crippen LogP contribution in [0.1, 0.15) is 38.9 Å². The van der Waals surface area contributed by atoms with Crippen LogP contribution in [0.3, 0.4) is 0 Å². The number of carbonyl (C=O) groups excluding carboxylic acids is 2. The van der Waals surface area contributed by atoms with Gasteiger partial charge in [-0.2, -0.15) is 0 Å². The van der Waals surface area contributed by atoms with Crippen LogP contribution in [0.25, 0.3) is 0 Å². The molecule has 0 radical (unpaired) electrons. The van der Waals surface area contributed by atoms with Crippen molar-refractivity contribution in [2.45, 2.75) is 25.6 Å². The first kappa shape index (κ1) is 21.0. The monoisotopic (exact) mass is 426 g/mol. The predicted molar refractivity (Wildman–Crippen MR) is 118 cm³/mol. The zero-order valence-corrected chi connectivity index (χ0v) is 17.8. The average molecular weight is 427 g/mol. The van der Waals surface area contributed by atoms with E-state index in [-0.39, 0.29) is 17.9 Å². The van der Waals surface area contributed by atoms with E-state index in [1.54, 1.807) is 0 Å². The molecule has 6 nitrogen and oxygen atoms in total. The van der Waals surface area contributed by atoms with E-state index in [4.69, 9.17) is 0 Å². The van der Waals surface area contributed by atoms with Crippen molar-refractivity contribution >= 4 is 40.6 Å². The number of thioether (sulfide) groups is 1. The third-order valence-electron chi connectivity index (χ3n) is 4.19. The third kappa shape index (κ3) is 6.13. The van der Waals surface area contributed by atoms with Gasteiger partial charge in [0.05, 0.1) is 11.8 Å². The summed E-state index contributed by atoms with van der Waals surface area (Å²) in [5.74, 6) is 0.542. The number of aromatic nitrogens is 2. The van der Waals surface area contributed by atoms with E-state index in [0.29, 0.717) is 21.5 Å². The van der Waals surface area contributed by atoms with Crippen LogP contribution < -0.4 is 10.6 Å². The van der Waals surface area contributed by atoms with Crippen molar-refractivity contribution in [1.82, 2.24) is 15.5 Å². The topological polar surface area (TPSA) is 84.0 Å². The first-order valence-corrected chi connectivity index (χ1v) is 11.1. The van der Waals surface area contributed by atoms with Crippen molar-refractivity contribution in [2.24, 2.45) is 0 Å². The highest BCUT2D eigenvalue weighted by Crippen LogP contribution is 2.20. The lowest BCUT2D eigenvalue weighted by atomic mass is 10.1. The summed E-state index contributed by atoms with van der Waals surface area (Å²) in [7, 11) is 0. The van der Waals surface area contributed by atoms with Crippen molar-refractivity contribution in [3.8, 4) is 0 Å². The molecule has 0 aliphatic carbocycles. The van der Waals surface area contributed by atoms with Crippen LogP contribution in [-0.4, -0.2) is 27.8 Å². The molecule has 0 spiro atoms. The summed E-state index contributed by atoms with van der Waals surface area (Å²) in [6.45, 7) is 3.89. The lowest BCUT2D eigenvalue weighted by Crippen LogP contribution is -2.28. The molecule has 1 aromatic heterocycles. The fraction of sp³-hybridized carbons (Fsp3) is 0.238. The van der Waals surface area contributed by atoms with Gasteiger partial charge >= 0.3 is 0 Å². The molecular formula is C21H22N4O2S2. The fourth-order valence-electron chi connectivity index (χ4n) is 2.63. The van der Waals surface area contributed by atoms with Gasteiger partial charge in [-0.15, -0.1) is 22.0 Å². The molecule has 1 heterocycles. The van der Waals surface area contributed by atoms with Crippen molar-refractivity contribution in [2.75, 3.05) is 11.1 Å². The van der Waals surface area contributed by atoms with E-state index < -0.39 is 0 Å². The molecule has 0 aliphatic rings. The molecule has 150 valence electrons. The van der Waals surface area contributed by atoms with Crippen molar-refractivity contribution < 1.29 is 9.59 Å². The fourth-order valence-corrected chi connectivity index (χ4v) is 4.25. The molecule has 3 aromatic rings. The van der Waals surface area contributed by atoms with Gasteiger partial charge < -0.3 is 10.6 Å². The Morgan fingerprint density at radius 3 is 2.55 bits per heavy atom. The number of hydrogen-bond acceptors (Lipinski definition) is 6. The number of carbonyl (C=O) groups is 2. The molecule has 0 saturated carbocycles. The molecule has 0 bridgehead atoms. The highest BCUT2D eigenvalue weighted by molar-refractivity contribution is 7.99. The Morgan fingerprint density at radius 2 is 1.79 bits per heavy atom. The van der Waals surface area contributed by atoms with E-state index in [2.05, 4.69) is 20.8 Å². The summed E-state index contributed by atoms with van der Waals surface area (Å²) in [4.78, 5) is 24.5. The Bertz CT molecular complexity index is 976. The maximum atomic E-state index is 12.3. The number of para-hydroxylation sites is 1.